The number of carbonyl (C=O) groups excluding carboxylic acids is 1. The fraction of sp³-hybridized carbons (Fsp3) is 0.421. The molecule has 6 heteroatoms. The van der Waals surface area contributed by atoms with Gasteiger partial charge in [-0.15, -0.1) is 0 Å². The summed E-state index contributed by atoms with van der Waals surface area (Å²) in [4.78, 5) is 25.2. The molecule has 1 aliphatic rings. The van der Waals surface area contributed by atoms with Crippen molar-refractivity contribution in [2.24, 2.45) is 0 Å². The third-order valence-electron chi connectivity index (χ3n) is 4.41. The van der Waals surface area contributed by atoms with Crippen molar-refractivity contribution < 1.29 is 9.53 Å². The molecule has 0 N–H and O–H groups in total. The largest absolute Gasteiger partial charge is 0.481 e. The molecule has 2 heterocycles. The van der Waals surface area contributed by atoms with Crippen molar-refractivity contribution in [2.75, 3.05) is 31.1 Å². The van der Waals surface area contributed by atoms with Gasteiger partial charge in [0.05, 0.1) is 0 Å². The molecular weight excluding hydrogens is 316 g/mol. The Bertz CT molecular complexity index is 727. The SMILES string of the molecule is Cc1ccc(O[C@@H](C)C(=O)N2CCN(c3ncccn3)CC2)c(C)c1. The second-order valence-corrected chi connectivity index (χ2v) is 6.39. The van der Waals surface area contributed by atoms with Crippen molar-refractivity contribution in [2.45, 2.75) is 26.9 Å². The van der Waals surface area contributed by atoms with Crippen LogP contribution >= 0.6 is 0 Å². The molecule has 1 aromatic carbocycles. The summed E-state index contributed by atoms with van der Waals surface area (Å²) in [6.07, 6.45) is 2.97. The fourth-order valence-corrected chi connectivity index (χ4v) is 3.01. The highest BCUT2D eigenvalue weighted by atomic mass is 16.5. The molecule has 1 atom stereocenters. The molecule has 3 rings (SSSR count). The molecule has 0 spiro atoms. The lowest BCUT2D eigenvalue weighted by atomic mass is 10.1. The summed E-state index contributed by atoms with van der Waals surface area (Å²) in [5.41, 5.74) is 2.23. The van der Waals surface area contributed by atoms with E-state index < -0.39 is 6.10 Å². The smallest absolute Gasteiger partial charge is 0.263 e. The first-order valence-electron chi connectivity index (χ1n) is 8.59. The standard InChI is InChI=1S/C19H24N4O2/c1-14-5-6-17(15(2)13-14)25-16(3)18(24)22-9-11-23(12-10-22)19-20-7-4-8-21-19/h4-8,13,16H,9-12H2,1-3H3/t16-/m0/s1. The van der Waals surface area contributed by atoms with Gasteiger partial charge in [-0.3, -0.25) is 4.79 Å². The predicted molar refractivity (Wildman–Crippen MR) is 96.8 cm³/mol. The molecule has 0 bridgehead atoms. The van der Waals surface area contributed by atoms with Gasteiger partial charge in [0.1, 0.15) is 5.75 Å². The molecule has 1 aromatic heterocycles. The molecule has 132 valence electrons. The highest BCUT2D eigenvalue weighted by molar-refractivity contribution is 5.81. The molecule has 0 unspecified atom stereocenters. The lowest BCUT2D eigenvalue weighted by Gasteiger charge is -2.35. The quantitative estimate of drug-likeness (QED) is 0.854. The van der Waals surface area contributed by atoms with Crippen LogP contribution in [0.2, 0.25) is 0 Å². The summed E-state index contributed by atoms with van der Waals surface area (Å²) in [6.45, 7) is 8.61. The van der Waals surface area contributed by atoms with Gasteiger partial charge in [0, 0.05) is 38.6 Å². The van der Waals surface area contributed by atoms with Crippen molar-refractivity contribution in [3.63, 3.8) is 0 Å². The maximum Gasteiger partial charge on any atom is 0.263 e. The minimum atomic E-state index is -0.499. The number of carbonyl (C=O) groups is 1. The Kier molecular flexibility index (Phi) is 5.16. The normalized spacial score (nSPS) is 15.8. The second-order valence-electron chi connectivity index (χ2n) is 6.39. The van der Waals surface area contributed by atoms with Crippen LogP contribution in [0.4, 0.5) is 5.95 Å². The van der Waals surface area contributed by atoms with Crippen LogP contribution in [0, 0.1) is 13.8 Å². The number of hydrogen-bond acceptors (Lipinski definition) is 5. The summed E-state index contributed by atoms with van der Waals surface area (Å²) in [7, 11) is 0. The van der Waals surface area contributed by atoms with Crippen LogP contribution in [0.1, 0.15) is 18.1 Å². The van der Waals surface area contributed by atoms with Crippen LogP contribution in [-0.2, 0) is 4.79 Å². The monoisotopic (exact) mass is 340 g/mol. The Morgan fingerprint density at radius 2 is 1.80 bits per heavy atom. The van der Waals surface area contributed by atoms with Crippen molar-refractivity contribution in [1.82, 2.24) is 14.9 Å². The highest BCUT2D eigenvalue weighted by Crippen LogP contribution is 2.21. The Morgan fingerprint density at radius 1 is 1.12 bits per heavy atom. The minimum Gasteiger partial charge on any atom is -0.481 e. The molecule has 0 aliphatic carbocycles. The Balaban J connectivity index is 1.56. The highest BCUT2D eigenvalue weighted by Gasteiger charge is 2.27. The average molecular weight is 340 g/mol. The third-order valence-corrected chi connectivity index (χ3v) is 4.41. The number of hydrogen-bond donors (Lipinski definition) is 0. The van der Waals surface area contributed by atoms with Crippen LogP contribution in [0.15, 0.2) is 36.7 Å². The van der Waals surface area contributed by atoms with Crippen LogP contribution in [-0.4, -0.2) is 53.1 Å². The first-order chi connectivity index (χ1) is 12.0. The number of ether oxygens (including phenoxy) is 1. The number of benzene rings is 1. The van der Waals surface area contributed by atoms with Crippen LogP contribution in [0.25, 0.3) is 0 Å². The molecule has 1 saturated heterocycles. The minimum absolute atomic E-state index is 0.0219. The molecular formula is C19H24N4O2. The first-order valence-corrected chi connectivity index (χ1v) is 8.59. The maximum absolute atomic E-state index is 12.7. The van der Waals surface area contributed by atoms with Crippen LogP contribution < -0.4 is 9.64 Å². The fourth-order valence-electron chi connectivity index (χ4n) is 3.01. The molecule has 0 radical (unpaired) electrons. The number of amides is 1. The molecule has 1 amide bonds. The molecule has 1 fully saturated rings. The van der Waals surface area contributed by atoms with E-state index in [1.54, 1.807) is 18.5 Å². The van der Waals surface area contributed by atoms with Gasteiger partial charge >= 0.3 is 0 Å². The van der Waals surface area contributed by atoms with E-state index in [9.17, 15) is 4.79 Å². The topological polar surface area (TPSA) is 58.6 Å². The number of piperazine rings is 1. The van der Waals surface area contributed by atoms with E-state index in [2.05, 4.69) is 20.9 Å². The third kappa shape index (κ3) is 4.07. The van der Waals surface area contributed by atoms with E-state index >= 15 is 0 Å². The number of rotatable bonds is 4. The molecule has 0 saturated carbocycles. The molecule has 25 heavy (non-hydrogen) atoms. The van der Waals surface area contributed by atoms with Crippen molar-refractivity contribution in [1.29, 1.82) is 0 Å². The summed E-state index contributed by atoms with van der Waals surface area (Å²) in [5.74, 6) is 1.51. The van der Waals surface area contributed by atoms with Gasteiger partial charge in [-0.1, -0.05) is 17.7 Å². The van der Waals surface area contributed by atoms with Gasteiger partial charge < -0.3 is 14.5 Å². The maximum atomic E-state index is 12.7. The van der Waals surface area contributed by atoms with Gasteiger partial charge in [0.25, 0.3) is 5.91 Å². The van der Waals surface area contributed by atoms with E-state index in [4.69, 9.17) is 4.74 Å². The summed E-state index contributed by atoms with van der Waals surface area (Å²) < 4.78 is 5.90. The van der Waals surface area contributed by atoms with Gasteiger partial charge in [-0.2, -0.15) is 0 Å². The zero-order chi connectivity index (χ0) is 17.8. The van der Waals surface area contributed by atoms with Crippen molar-refractivity contribution >= 4 is 11.9 Å². The molecule has 1 aliphatic heterocycles. The number of aromatic nitrogens is 2. The Hall–Kier alpha value is -2.63. The van der Waals surface area contributed by atoms with Crippen molar-refractivity contribution in [3.05, 3.63) is 47.8 Å². The van der Waals surface area contributed by atoms with Gasteiger partial charge in [0.2, 0.25) is 5.95 Å². The average Bonchev–Trinajstić information content (AvgIpc) is 2.64. The zero-order valence-corrected chi connectivity index (χ0v) is 15.0. The lowest BCUT2D eigenvalue weighted by Crippen LogP contribution is -2.52. The van der Waals surface area contributed by atoms with Crippen molar-refractivity contribution in [3.8, 4) is 5.75 Å². The van der Waals surface area contributed by atoms with Crippen LogP contribution in [0.3, 0.4) is 0 Å². The van der Waals surface area contributed by atoms with E-state index in [0.29, 0.717) is 19.0 Å². The first kappa shape index (κ1) is 17.2. The van der Waals surface area contributed by atoms with Gasteiger partial charge in [-0.05, 0) is 38.5 Å². The summed E-state index contributed by atoms with van der Waals surface area (Å²) in [6, 6.07) is 7.79. The molecule has 2 aromatic rings. The van der Waals surface area contributed by atoms with Gasteiger partial charge in [-0.25, -0.2) is 9.97 Å². The second kappa shape index (κ2) is 7.51. The Morgan fingerprint density at radius 3 is 2.44 bits per heavy atom. The molecule has 6 nitrogen and oxygen atoms in total. The van der Waals surface area contributed by atoms with Crippen LogP contribution in [0.5, 0.6) is 5.75 Å². The van der Waals surface area contributed by atoms with Gasteiger partial charge in [0.15, 0.2) is 6.10 Å². The van der Waals surface area contributed by atoms with E-state index in [-0.39, 0.29) is 5.91 Å². The summed E-state index contributed by atoms with van der Waals surface area (Å²) in [5, 5.41) is 0. The van der Waals surface area contributed by atoms with E-state index in [0.717, 1.165) is 24.4 Å². The van der Waals surface area contributed by atoms with E-state index in [1.807, 2.05) is 37.8 Å². The van der Waals surface area contributed by atoms with E-state index in [1.165, 1.54) is 5.56 Å². The predicted octanol–water partition coefficient (Wildman–Crippen LogP) is 2.21. The lowest BCUT2D eigenvalue weighted by molar-refractivity contribution is -0.138. The number of aryl methyl sites for hydroxylation is 2. The number of nitrogens with zero attached hydrogens (tertiary/aromatic N) is 4. The Labute approximate surface area is 148 Å². The summed E-state index contributed by atoms with van der Waals surface area (Å²) >= 11 is 0. The number of anilines is 1. The zero-order valence-electron chi connectivity index (χ0n) is 15.0.